The van der Waals surface area contributed by atoms with Crippen molar-refractivity contribution in [2.45, 2.75) is 19.9 Å². The number of hydrogen-bond acceptors (Lipinski definition) is 2. The molecule has 0 bridgehead atoms. The molecule has 2 aromatic carbocycles. The monoisotopic (exact) mass is 302 g/mol. The molecular formula is C17H19FN2O2. The van der Waals surface area contributed by atoms with E-state index in [0.717, 1.165) is 11.3 Å². The normalized spacial score (nSPS) is 11.6. The number of rotatable bonds is 5. The van der Waals surface area contributed by atoms with Crippen LogP contribution in [0.5, 0.6) is 5.75 Å². The SMILES string of the molecule is CCOc1ccc([C@H](C)NC(=O)Nc2ccccc2F)cc1. The standard InChI is InChI=1S/C17H19FN2O2/c1-3-22-14-10-8-13(9-11-14)12(2)19-17(21)20-16-7-5-4-6-15(16)18/h4-12H,3H2,1-2H3,(H2,19,20,21)/t12-/m0/s1. The molecule has 0 fully saturated rings. The lowest BCUT2D eigenvalue weighted by atomic mass is 10.1. The first-order valence-electron chi connectivity index (χ1n) is 7.15. The fraction of sp³-hybridized carbons (Fsp3) is 0.235. The maximum Gasteiger partial charge on any atom is 0.319 e. The summed E-state index contributed by atoms with van der Waals surface area (Å²) in [6.45, 7) is 4.39. The largest absolute Gasteiger partial charge is 0.494 e. The summed E-state index contributed by atoms with van der Waals surface area (Å²) in [5.41, 5.74) is 1.09. The highest BCUT2D eigenvalue weighted by atomic mass is 19.1. The Balaban J connectivity index is 1.94. The van der Waals surface area contributed by atoms with E-state index >= 15 is 0 Å². The molecule has 5 heteroatoms. The Morgan fingerprint density at radius 1 is 1.18 bits per heavy atom. The Morgan fingerprint density at radius 3 is 2.50 bits per heavy atom. The molecule has 0 spiro atoms. The molecule has 0 saturated heterocycles. The van der Waals surface area contributed by atoms with Crippen LogP contribution in [0, 0.1) is 5.82 Å². The van der Waals surface area contributed by atoms with Crippen LogP contribution in [-0.2, 0) is 0 Å². The molecule has 0 saturated carbocycles. The third-order valence-electron chi connectivity index (χ3n) is 3.16. The van der Waals surface area contributed by atoms with Gasteiger partial charge in [-0.1, -0.05) is 24.3 Å². The lowest BCUT2D eigenvalue weighted by molar-refractivity contribution is 0.249. The van der Waals surface area contributed by atoms with Gasteiger partial charge in [-0.2, -0.15) is 0 Å². The summed E-state index contributed by atoms with van der Waals surface area (Å²) in [6, 6.07) is 12.9. The van der Waals surface area contributed by atoms with Gasteiger partial charge in [-0.3, -0.25) is 0 Å². The molecule has 0 aliphatic carbocycles. The van der Waals surface area contributed by atoms with Crippen LogP contribution < -0.4 is 15.4 Å². The van der Waals surface area contributed by atoms with Crippen molar-refractivity contribution in [2.24, 2.45) is 0 Å². The number of halogens is 1. The van der Waals surface area contributed by atoms with Gasteiger partial charge in [-0.25, -0.2) is 9.18 Å². The van der Waals surface area contributed by atoms with E-state index in [1.54, 1.807) is 12.1 Å². The van der Waals surface area contributed by atoms with E-state index in [0.29, 0.717) is 6.61 Å². The van der Waals surface area contributed by atoms with E-state index in [2.05, 4.69) is 10.6 Å². The van der Waals surface area contributed by atoms with Gasteiger partial charge >= 0.3 is 6.03 Å². The second kappa shape index (κ2) is 7.45. The van der Waals surface area contributed by atoms with Crippen molar-refractivity contribution in [1.82, 2.24) is 5.32 Å². The third kappa shape index (κ3) is 4.22. The zero-order valence-electron chi connectivity index (χ0n) is 12.6. The molecule has 0 aromatic heterocycles. The second-order valence-corrected chi connectivity index (χ2v) is 4.80. The molecule has 0 radical (unpaired) electrons. The van der Waals surface area contributed by atoms with Crippen LogP contribution >= 0.6 is 0 Å². The highest BCUT2D eigenvalue weighted by molar-refractivity contribution is 5.89. The van der Waals surface area contributed by atoms with Crippen LogP contribution in [0.1, 0.15) is 25.5 Å². The first-order chi connectivity index (χ1) is 10.6. The molecule has 0 aliphatic heterocycles. The van der Waals surface area contributed by atoms with Crippen molar-refractivity contribution in [1.29, 1.82) is 0 Å². The zero-order chi connectivity index (χ0) is 15.9. The van der Waals surface area contributed by atoms with E-state index < -0.39 is 11.8 Å². The Morgan fingerprint density at radius 2 is 1.86 bits per heavy atom. The average Bonchev–Trinajstić information content (AvgIpc) is 2.50. The number of benzene rings is 2. The van der Waals surface area contributed by atoms with Gasteiger partial charge in [0, 0.05) is 0 Å². The van der Waals surface area contributed by atoms with E-state index in [4.69, 9.17) is 4.74 Å². The minimum Gasteiger partial charge on any atom is -0.494 e. The first kappa shape index (κ1) is 15.8. The number of nitrogens with one attached hydrogen (secondary N) is 2. The highest BCUT2D eigenvalue weighted by Crippen LogP contribution is 2.18. The van der Waals surface area contributed by atoms with Gasteiger partial charge in [0.15, 0.2) is 0 Å². The zero-order valence-corrected chi connectivity index (χ0v) is 12.6. The summed E-state index contributed by atoms with van der Waals surface area (Å²) in [7, 11) is 0. The summed E-state index contributed by atoms with van der Waals surface area (Å²) in [6.07, 6.45) is 0. The number of carbonyl (C=O) groups is 1. The summed E-state index contributed by atoms with van der Waals surface area (Å²) in [5, 5.41) is 5.26. The van der Waals surface area contributed by atoms with Gasteiger partial charge in [-0.05, 0) is 43.7 Å². The predicted molar refractivity (Wildman–Crippen MR) is 84.6 cm³/mol. The maximum absolute atomic E-state index is 13.5. The molecule has 1 atom stereocenters. The number of carbonyl (C=O) groups excluding carboxylic acids is 1. The van der Waals surface area contributed by atoms with E-state index in [1.807, 2.05) is 38.1 Å². The van der Waals surface area contributed by atoms with Crippen molar-refractivity contribution in [3.8, 4) is 5.75 Å². The number of anilines is 1. The van der Waals surface area contributed by atoms with Gasteiger partial charge < -0.3 is 15.4 Å². The van der Waals surface area contributed by atoms with Gasteiger partial charge in [0.05, 0.1) is 18.3 Å². The van der Waals surface area contributed by atoms with Crippen molar-refractivity contribution >= 4 is 11.7 Å². The van der Waals surface area contributed by atoms with E-state index in [9.17, 15) is 9.18 Å². The van der Waals surface area contributed by atoms with E-state index in [-0.39, 0.29) is 11.7 Å². The van der Waals surface area contributed by atoms with Gasteiger partial charge in [-0.15, -0.1) is 0 Å². The molecule has 2 aromatic rings. The summed E-state index contributed by atoms with van der Waals surface area (Å²) < 4.78 is 18.8. The smallest absolute Gasteiger partial charge is 0.319 e. The number of para-hydroxylation sites is 1. The van der Waals surface area contributed by atoms with Crippen molar-refractivity contribution in [3.05, 3.63) is 59.9 Å². The van der Waals surface area contributed by atoms with Crippen LogP contribution in [0.3, 0.4) is 0 Å². The van der Waals surface area contributed by atoms with Crippen molar-refractivity contribution in [2.75, 3.05) is 11.9 Å². The van der Waals surface area contributed by atoms with Gasteiger partial charge in [0.1, 0.15) is 11.6 Å². The lowest BCUT2D eigenvalue weighted by Crippen LogP contribution is -2.31. The molecule has 22 heavy (non-hydrogen) atoms. The summed E-state index contributed by atoms with van der Waals surface area (Å²) >= 11 is 0. The number of hydrogen-bond donors (Lipinski definition) is 2. The topological polar surface area (TPSA) is 50.4 Å². The molecule has 2 amide bonds. The highest BCUT2D eigenvalue weighted by Gasteiger charge is 2.11. The predicted octanol–water partition coefficient (Wildman–Crippen LogP) is 4.11. The number of amides is 2. The Bertz CT molecular complexity index is 629. The van der Waals surface area contributed by atoms with Crippen molar-refractivity contribution in [3.63, 3.8) is 0 Å². The van der Waals surface area contributed by atoms with Crippen LogP contribution in [0.15, 0.2) is 48.5 Å². The van der Waals surface area contributed by atoms with Gasteiger partial charge in [0.25, 0.3) is 0 Å². The van der Waals surface area contributed by atoms with Crippen LogP contribution in [0.4, 0.5) is 14.9 Å². The van der Waals surface area contributed by atoms with Crippen molar-refractivity contribution < 1.29 is 13.9 Å². The third-order valence-corrected chi connectivity index (χ3v) is 3.16. The maximum atomic E-state index is 13.5. The quantitative estimate of drug-likeness (QED) is 0.873. The second-order valence-electron chi connectivity index (χ2n) is 4.80. The van der Waals surface area contributed by atoms with E-state index in [1.165, 1.54) is 12.1 Å². The van der Waals surface area contributed by atoms with Crippen LogP contribution in [0.25, 0.3) is 0 Å². The Kier molecular flexibility index (Phi) is 5.36. The number of ether oxygens (including phenoxy) is 1. The first-order valence-corrected chi connectivity index (χ1v) is 7.15. The molecule has 0 unspecified atom stereocenters. The Labute approximate surface area is 129 Å². The molecule has 2 N–H and O–H groups in total. The van der Waals surface area contributed by atoms with Gasteiger partial charge in [0.2, 0.25) is 0 Å². The fourth-order valence-corrected chi connectivity index (χ4v) is 2.02. The molecule has 2 rings (SSSR count). The molecule has 0 heterocycles. The minimum absolute atomic E-state index is 0.152. The lowest BCUT2D eigenvalue weighted by Gasteiger charge is -2.16. The Hall–Kier alpha value is -2.56. The van der Waals surface area contributed by atoms with Crippen LogP contribution in [0.2, 0.25) is 0 Å². The number of urea groups is 1. The molecular weight excluding hydrogens is 283 g/mol. The fourth-order valence-electron chi connectivity index (χ4n) is 2.02. The summed E-state index contributed by atoms with van der Waals surface area (Å²) in [5.74, 6) is 0.320. The molecule has 0 aliphatic rings. The summed E-state index contributed by atoms with van der Waals surface area (Å²) in [4.78, 5) is 11.9. The molecule has 116 valence electrons. The minimum atomic E-state index is -0.466. The molecule has 4 nitrogen and oxygen atoms in total. The average molecular weight is 302 g/mol. The van der Waals surface area contributed by atoms with Crippen LogP contribution in [-0.4, -0.2) is 12.6 Å².